The van der Waals surface area contributed by atoms with Crippen molar-refractivity contribution in [2.45, 2.75) is 6.04 Å². The number of rotatable bonds is 3. The van der Waals surface area contributed by atoms with Crippen LogP contribution in [-0.2, 0) is 7.05 Å². The van der Waals surface area contributed by atoms with Gasteiger partial charge in [-0.15, -0.1) is 5.10 Å². The standard InChI is InChI=1S/C10H10BrF2N5/c1-18-9(10(11)16-17-18)8(15-14)6-4-5(12)2-3-7(6)13/h2-4,8,15H,14H2,1H3. The fraction of sp³-hybridized carbons (Fsp3) is 0.200. The second-order valence-electron chi connectivity index (χ2n) is 3.65. The first kappa shape index (κ1) is 13.1. The Hall–Kier alpha value is -1.38. The number of nitrogens with zero attached hydrogens (tertiary/aromatic N) is 3. The van der Waals surface area contributed by atoms with E-state index in [4.69, 9.17) is 5.84 Å². The highest BCUT2D eigenvalue weighted by Gasteiger charge is 2.24. The second kappa shape index (κ2) is 5.09. The second-order valence-corrected chi connectivity index (χ2v) is 4.41. The summed E-state index contributed by atoms with van der Waals surface area (Å²) in [6.45, 7) is 0. The molecule has 96 valence electrons. The van der Waals surface area contributed by atoms with Crippen LogP contribution in [0.5, 0.6) is 0 Å². The molecule has 3 N–H and O–H groups in total. The average molecular weight is 318 g/mol. The van der Waals surface area contributed by atoms with Gasteiger partial charge in [-0.2, -0.15) is 0 Å². The van der Waals surface area contributed by atoms with Crippen molar-refractivity contribution in [3.8, 4) is 0 Å². The van der Waals surface area contributed by atoms with Gasteiger partial charge in [-0.1, -0.05) is 5.21 Å². The molecular formula is C10H10BrF2N5. The van der Waals surface area contributed by atoms with Crippen molar-refractivity contribution in [2.75, 3.05) is 0 Å². The maximum Gasteiger partial charge on any atom is 0.153 e. The molecule has 2 aromatic rings. The molecule has 1 aromatic heterocycles. The maximum absolute atomic E-state index is 13.7. The first-order chi connectivity index (χ1) is 8.54. The summed E-state index contributed by atoms with van der Waals surface area (Å²) in [5.74, 6) is 4.32. The third-order valence-corrected chi connectivity index (χ3v) is 3.10. The molecule has 0 bridgehead atoms. The lowest BCUT2D eigenvalue weighted by molar-refractivity contribution is 0.521. The summed E-state index contributed by atoms with van der Waals surface area (Å²) in [5.41, 5.74) is 3.02. The van der Waals surface area contributed by atoms with Crippen LogP contribution in [0.3, 0.4) is 0 Å². The van der Waals surface area contributed by atoms with Crippen molar-refractivity contribution in [3.63, 3.8) is 0 Å². The molecule has 2 rings (SSSR count). The SMILES string of the molecule is Cn1nnc(Br)c1C(NN)c1cc(F)ccc1F. The van der Waals surface area contributed by atoms with E-state index >= 15 is 0 Å². The molecule has 1 unspecified atom stereocenters. The van der Waals surface area contributed by atoms with Crippen LogP contribution < -0.4 is 11.3 Å². The van der Waals surface area contributed by atoms with Crippen molar-refractivity contribution in [1.29, 1.82) is 0 Å². The molecule has 0 radical (unpaired) electrons. The van der Waals surface area contributed by atoms with Crippen LogP contribution in [0.1, 0.15) is 17.3 Å². The van der Waals surface area contributed by atoms with Gasteiger partial charge in [0.15, 0.2) is 4.60 Å². The summed E-state index contributed by atoms with van der Waals surface area (Å²) in [7, 11) is 1.63. The fourth-order valence-corrected chi connectivity index (χ4v) is 2.25. The van der Waals surface area contributed by atoms with E-state index in [-0.39, 0.29) is 5.56 Å². The topological polar surface area (TPSA) is 68.8 Å². The summed E-state index contributed by atoms with van der Waals surface area (Å²) < 4.78 is 28.8. The van der Waals surface area contributed by atoms with Crippen LogP contribution in [0, 0.1) is 11.6 Å². The van der Waals surface area contributed by atoms with E-state index in [1.807, 2.05) is 0 Å². The van der Waals surface area contributed by atoms with Gasteiger partial charge >= 0.3 is 0 Å². The minimum absolute atomic E-state index is 0.0867. The van der Waals surface area contributed by atoms with Gasteiger partial charge in [-0.3, -0.25) is 5.84 Å². The van der Waals surface area contributed by atoms with Gasteiger partial charge in [0.1, 0.15) is 11.6 Å². The molecule has 0 spiro atoms. The largest absolute Gasteiger partial charge is 0.271 e. The molecule has 1 heterocycles. The van der Waals surface area contributed by atoms with E-state index in [1.54, 1.807) is 7.05 Å². The highest BCUT2D eigenvalue weighted by molar-refractivity contribution is 9.10. The van der Waals surface area contributed by atoms with Gasteiger partial charge in [0.25, 0.3) is 0 Å². The number of hydrogen-bond donors (Lipinski definition) is 2. The first-order valence-electron chi connectivity index (χ1n) is 5.00. The Balaban J connectivity index is 2.55. The summed E-state index contributed by atoms with van der Waals surface area (Å²) >= 11 is 3.19. The highest BCUT2D eigenvalue weighted by Crippen LogP contribution is 2.28. The molecule has 8 heteroatoms. The zero-order valence-electron chi connectivity index (χ0n) is 9.36. The van der Waals surface area contributed by atoms with Crippen molar-refractivity contribution in [3.05, 3.63) is 45.7 Å². The molecule has 0 amide bonds. The van der Waals surface area contributed by atoms with Gasteiger partial charge in [0.2, 0.25) is 0 Å². The summed E-state index contributed by atoms with van der Waals surface area (Å²) in [4.78, 5) is 0. The lowest BCUT2D eigenvalue weighted by atomic mass is 10.0. The highest BCUT2D eigenvalue weighted by atomic mass is 79.9. The Bertz CT molecular complexity index is 552. The molecule has 0 saturated heterocycles. The predicted molar refractivity (Wildman–Crippen MR) is 64.2 cm³/mol. The van der Waals surface area contributed by atoms with E-state index in [9.17, 15) is 8.78 Å². The molecule has 0 aliphatic rings. The smallest absolute Gasteiger partial charge is 0.153 e. The van der Waals surface area contributed by atoms with Gasteiger partial charge < -0.3 is 0 Å². The van der Waals surface area contributed by atoms with Crippen molar-refractivity contribution >= 4 is 15.9 Å². The number of aryl methyl sites for hydroxylation is 1. The lowest BCUT2D eigenvalue weighted by Gasteiger charge is -2.17. The zero-order chi connectivity index (χ0) is 13.3. The Morgan fingerprint density at radius 2 is 2.17 bits per heavy atom. The third-order valence-electron chi connectivity index (χ3n) is 2.54. The van der Waals surface area contributed by atoms with Crippen LogP contribution >= 0.6 is 15.9 Å². The van der Waals surface area contributed by atoms with Crippen molar-refractivity contribution in [2.24, 2.45) is 12.9 Å². The molecule has 0 aliphatic heterocycles. The van der Waals surface area contributed by atoms with Crippen LogP contribution in [0.4, 0.5) is 8.78 Å². The van der Waals surface area contributed by atoms with Crippen LogP contribution in [-0.4, -0.2) is 15.0 Å². The Morgan fingerprint density at radius 3 is 2.72 bits per heavy atom. The minimum atomic E-state index is -0.755. The Kier molecular flexibility index (Phi) is 3.69. The summed E-state index contributed by atoms with van der Waals surface area (Å²) in [6.07, 6.45) is 0. The number of nitrogens with two attached hydrogens (primary N) is 1. The Labute approximate surface area is 110 Å². The molecule has 18 heavy (non-hydrogen) atoms. The number of hydrazine groups is 1. The first-order valence-corrected chi connectivity index (χ1v) is 5.80. The molecular weight excluding hydrogens is 308 g/mol. The lowest BCUT2D eigenvalue weighted by Crippen LogP contribution is -2.31. The molecule has 0 saturated carbocycles. The van der Waals surface area contributed by atoms with Gasteiger partial charge in [-0.05, 0) is 34.1 Å². The fourth-order valence-electron chi connectivity index (χ4n) is 1.70. The molecule has 5 nitrogen and oxygen atoms in total. The van der Waals surface area contributed by atoms with Crippen LogP contribution in [0.2, 0.25) is 0 Å². The van der Waals surface area contributed by atoms with Crippen LogP contribution in [0.25, 0.3) is 0 Å². The predicted octanol–water partition coefficient (Wildman–Crippen LogP) is 1.41. The van der Waals surface area contributed by atoms with E-state index in [2.05, 4.69) is 31.7 Å². The van der Waals surface area contributed by atoms with Gasteiger partial charge in [0, 0.05) is 12.6 Å². The van der Waals surface area contributed by atoms with E-state index in [1.165, 1.54) is 4.68 Å². The molecule has 0 aliphatic carbocycles. The normalized spacial score (nSPS) is 12.7. The number of halogens is 3. The van der Waals surface area contributed by atoms with E-state index in [0.29, 0.717) is 10.3 Å². The van der Waals surface area contributed by atoms with Crippen molar-refractivity contribution in [1.82, 2.24) is 20.4 Å². The van der Waals surface area contributed by atoms with E-state index in [0.717, 1.165) is 18.2 Å². The molecule has 1 aromatic carbocycles. The minimum Gasteiger partial charge on any atom is -0.271 e. The maximum atomic E-state index is 13.7. The van der Waals surface area contributed by atoms with Gasteiger partial charge in [-0.25, -0.2) is 18.9 Å². The number of hydrogen-bond acceptors (Lipinski definition) is 4. The van der Waals surface area contributed by atoms with Crippen molar-refractivity contribution < 1.29 is 8.78 Å². The quantitative estimate of drug-likeness (QED) is 0.663. The van der Waals surface area contributed by atoms with E-state index < -0.39 is 17.7 Å². The number of benzene rings is 1. The number of nitrogens with one attached hydrogen (secondary N) is 1. The molecule has 0 fully saturated rings. The Morgan fingerprint density at radius 1 is 1.44 bits per heavy atom. The molecule has 1 atom stereocenters. The van der Waals surface area contributed by atoms with Gasteiger partial charge in [0.05, 0.1) is 11.7 Å². The zero-order valence-corrected chi connectivity index (χ0v) is 10.9. The summed E-state index contributed by atoms with van der Waals surface area (Å²) in [6, 6.07) is 2.42. The number of aromatic nitrogens is 3. The van der Waals surface area contributed by atoms with Crippen LogP contribution in [0.15, 0.2) is 22.8 Å². The average Bonchev–Trinajstić information content (AvgIpc) is 2.66. The monoisotopic (exact) mass is 317 g/mol. The summed E-state index contributed by atoms with van der Waals surface area (Å²) in [5, 5.41) is 7.55. The third kappa shape index (κ3) is 2.26.